The Hall–Kier alpha value is -2.35. The Kier molecular flexibility index (Phi) is 4.08. The van der Waals surface area contributed by atoms with E-state index >= 15 is 0 Å². The highest BCUT2D eigenvalue weighted by atomic mass is 19.3. The average molecular weight is 324 g/mol. The molecule has 23 heavy (non-hydrogen) atoms. The number of nitrogens with zero attached hydrogens (tertiary/aromatic N) is 2. The number of carbonyl (C=O) groups excluding carboxylic acids is 1. The fourth-order valence-electron chi connectivity index (χ4n) is 2.48. The van der Waals surface area contributed by atoms with Gasteiger partial charge in [0.25, 0.3) is 5.92 Å². The Morgan fingerprint density at radius 1 is 1.48 bits per heavy atom. The third-order valence-electron chi connectivity index (χ3n) is 3.69. The van der Waals surface area contributed by atoms with E-state index in [0.717, 1.165) is 0 Å². The number of aromatic nitrogens is 2. The van der Waals surface area contributed by atoms with E-state index in [1.54, 1.807) is 18.3 Å². The molecule has 1 aromatic heterocycles. The quantitative estimate of drug-likeness (QED) is 0.899. The predicted molar refractivity (Wildman–Crippen MR) is 76.7 cm³/mol. The smallest absolute Gasteiger partial charge is 0.262 e. The minimum Gasteiger partial charge on any atom is -0.351 e. The Balaban J connectivity index is 1.61. The number of nitrogens with one attached hydrogen (secondary N) is 2. The van der Waals surface area contributed by atoms with Gasteiger partial charge in [-0.3, -0.25) is 10.1 Å². The molecule has 1 aliphatic rings. The molecule has 2 heterocycles. The van der Waals surface area contributed by atoms with Gasteiger partial charge in [-0.25, -0.2) is 18.2 Å². The monoisotopic (exact) mass is 324 g/mol. The molecule has 122 valence electrons. The van der Waals surface area contributed by atoms with Crippen LogP contribution in [0.4, 0.5) is 13.2 Å². The molecule has 2 N–H and O–H groups in total. The summed E-state index contributed by atoms with van der Waals surface area (Å²) in [5.41, 5.74) is 0.888. The first-order chi connectivity index (χ1) is 10.9. The fourth-order valence-corrected chi connectivity index (χ4v) is 2.48. The Bertz CT molecular complexity index is 703. The van der Waals surface area contributed by atoms with Gasteiger partial charge in [-0.1, -0.05) is 6.07 Å². The first-order valence-electron chi connectivity index (χ1n) is 7.10. The van der Waals surface area contributed by atoms with Gasteiger partial charge in [-0.2, -0.15) is 0 Å². The molecule has 1 atom stereocenters. The van der Waals surface area contributed by atoms with Crippen molar-refractivity contribution in [3.63, 3.8) is 0 Å². The summed E-state index contributed by atoms with van der Waals surface area (Å²) in [4.78, 5) is 15.7. The van der Waals surface area contributed by atoms with Crippen molar-refractivity contribution in [3.8, 4) is 5.69 Å². The van der Waals surface area contributed by atoms with Crippen molar-refractivity contribution in [1.82, 2.24) is 20.2 Å². The van der Waals surface area contributed by atoms with Crippen LogP contribution < -0.4 is 10.6 Å². The van der Waals surface area contributed by atoms with E-state index in [4.69, 9.17) is 0 Å². The van der Waals surface area contributed by atoms with Crippen LogP contribution >= 0.6 is 0 Å². The lowest BCUT2D eigenvalue weighted by atomic mass is 10.1. The van der Waals surface area contributed by atoms with Gasteiger partial charge in [0, 0.05) is 25.4 Å². The zero-order valence-electron chi connectivity index (χ0n) is 12.1. The van der Waals surface area contributed by atoms with Crippen molar-refractivity contribution in [1.29, 1.82) is 0 Å². The lowest BCUT2D eigenvalue weighted by molar-refractivity contribution is -0.123. The summed E-state index contributed by atoms with van der Waals surface area (Å²) in [5, 5.41) is 5.02. The fraction of sp³-hybridized carbons (Fsp3) is 0.333. The zero-order chi connectivity index (χ0) is 16.4. The Morgan fingerprint density at radius 3 is 2.91 bits per heavy atom. The summed E-state index contributed by atoms with van der Waals surface area (Å²) >= 11 is 0. The number of halogens is 3. The molecule has 0 saturated carbocycles. The van der Waals surface area contributed by atoms with Gasteiger partial charge in [0.2, 0.25) is 5.91 Å². The largest absolute Gasteiger partial charge is 0.351 e. The molecular formula is C15H15F3N4O. The molecule has 0 spiro atoms. The van der Waals surface area contributed by atoms with Crippen LogP contribution in [0.15, 0.2) is 36.9 Å². The molecule has 3 rings (SSSR count). The second-order valence-electron chi connectivity index (χ2n) is 5.47. The van der Waals surface area contributed by atoms with E-state index in [-0.39, 0.29) is 6.54 Å². The topological polar surface area (TPSA) is 59.0 Å². The van der Waals surface area contributed by atoms with Crippen LogP contribution in [0.2, 0.25) is 0 Å². The molecule has 1 amide bonds. The summed E-state index contributed by atoms with van der Waals surface area (Å²) in [6.45, 7) is -0.428. The van der Waals surface area contributed by atoms with Crippen LogP contribution in [0, 0.1) is 5.82 Å². The lowest BCUT2D eigenvalue weighted by Crippen LogP contribution is -2.40. The molecule has 0 aliphatic carbocycles. The van der Waals surface area contributed by atoms with E-state index in [1.165, 1.54) is 23.2 Å². The summed E-state index contributed by atoms with van der Waals surface area (Å²) in [7, 11) is 0. The van der Waals surface area contributed by atoms with Crippen LogP contribution in [-0.4, -0.2) is 34.0 Å². The number of rotatable bonds is 4. The van der Waals surface area contributed by atoms with Crippen molar-refractivity contribution in [2.24, 2.45) is 0 Å². The van der Waals surface area contributed by atoms with Gasteiger partial charge >= 0.3 is 0 Å². The first-order valence-corrected chi connectivity index (χ1v) is 7.10. The third-order valence-corrected chi connectivity index (χ3v) is 3.69. The molecule has 1 aromatic carbocycles. The molecule has 1 saturated heterocycles. The second-order valence-corrected chi connectivity index (χ2v) is 5.47. The maximum Gasteiger partial charge on any atom is 0.262 e. The normalized spacial score (nSPS) is 19.7. The molecule has 1 fully saturated rings. The van der Waals surface area contributed by atoms with E-state index in [0.29, 0.717) is 11.3 Å². The van der Waals surface area contributed by atoms with Gasteiger partial charge in [0.05, 0.1) is 24.6 Å². The van der Waals surface area contributed by atoms with E-state index in [2.05, 4.69) is 15.6 Å². The number of imidazole rings is 1. The van der Waals surface area contributed by atoms with Crippen molar-refractivity contribution < 1.29 is 18.0 Å². The highest BCUT2D eigenvalue weighted by molar-refractivity contribution is 5.82. The van der Waals surface area contributed by atoms with Gasteiger partial charge < -0.3 is 9.88 Å². The standard InChI is InChI=1S/C15H15F3N4O/c16-11-5-10(1-2-13(11)22-4-3-19-9-22)7-20-14(23)12-6-15(17,18)8-21-12/h1-5,9,12,21H,6-8H2,(H,20,23). The molecule has 8 heteroatoms. The summed E-state index contributed by atoms with van der Waals surface area (Å²) in [6, 6.07) is 3.61. The molecule has 5 nitrogen and oxygen atoms in total. The predicted octanol–water partition coefficient (Wildman–Crippen LogP) is 1.62. The highest BCUT2D eigenvalue weighted by Gasteiger charge is 2.42. The molecule has 0 bridgehead atoms. The zero-order valence-corrected chi connectivity index (χ0v) is 12.1. The Labute approximate surface area is 130 Å². The highest BCUT2D eigenvalue weighted by Crippen LogP contribution is 2.25. The molecule has 2 aromatic rings. The summed E-state index contributed by atoms with van der Waals surface area (Å²) in [6.07, 6.45) is 4.11. The maximum absolute atomic E-state index is 14.1. The van der Waals surface area contributed by atoms with Gasteiger partial charge in [0.15, 0.2) is 0 Å². The SMILES string of the molecule is O=C(NCc1ccc(-n2ccnc2)c(F)c1)C1CC(F)(F)CN1. The summed E-state index contributed by atoms with van der Waals surface area (Å²) < 4.78 is 41.7. The van der Waals surface area contributed by atoms with Crippen molar-refractivity contribution in [2.75, 3.05) is 6.54 Å². The number of carbonyl (C=O) groups is 1. The molecule has 0 radical (unpaired) electrons. The number of alkyl halides is 2. The minimum absolute atomic E-state index is 0.0731. The molecular weight excluding hydrogens is 309 g/mol. The number of benzene rings is 1. The first kappa shape index (κ1) is 15.5. The van der Waals surface area contributed by atoms with Crippen molar-refractivity contribution >= 4 is 5.91 Å². The third kappa shape index (κ3) is 3.53. The number of hydrogen-bond donors (Lipinski definition) is 2. The van der Waals surface area contributed by atoms with Crippen LogP contribution in [0.25, 0.3) is 5.69 Å². The van der Waals surface area contributed by atoms with Crippen LogP contribution in [0.3, 0.4) is 0 Å². The van der Waals surface area contributed by atoms with Crippen LogP contribution in [0.1, 0.15) is 12.0 Å². The lowest BCUT2D eigenvalue weighted by Gasteiger charge is -2.12. The van der Waals surface area contributed by atoms with Crippen LogP contribution in [-0.2, 0) is 11.3 Å². The summed E-state index contributed by atoms with van der Waals surface area (Å²) in [5.74, 6) is -3.83. The minimum atomic E-state index is -2.86. The van der Waals surface area contributed by atoms with Gasteiger partial charge in [-0.05, 0) is 17.7 Å². The number of amides is 1. The number of hydrogen-bond acceptors (Lipinski definition) is 3. The van der Waals surface area contributed by atoms with Crippen molar-refractivity contribution in [3.05, 3.63) is 48.3 Å². The van der Waals surface area contributed by atoms with E-state index in [1.807, 2.05) is 0 Å². The van der Waals surface area contributed by atoms with Gasteiger partial charge in [-0.15, -0.1) is 0 Å². The van der Waals surface area contributed by atoms with E-state index in [9.17, 15) is 18.0 Å². The van der Waals surface area contributed by atoms with Crippen molar-refractivity contribution in [2.45, 2.75) is 24.9 Å². The molecule has 1 unspecified atom stereocenters. The maximum atomic E-state index is 14.1. The Morgan fingerprint density at radius 2 is 2.30 bits per heavy atom. The average Bonchev–Trinajstić information content (AvgIpc) is 3.14. The van der Waals surface area contributed by atoms with Gasteiger partial charge in [0.1, 0.15) is 5.82 Å². The van der Waals surface area contributed by atoms with E-state index < -0.39 is 36.7 Å². The molecule has 1 aliphatic heterocycles. The van der Waals surface area contributed by atoms with Crippen LogP contribution in [0.5, 0.6) is 0 Å². The second kappa shape index (κ2) is 6.04.